The highest BCUT2D eigenvalue weighted by atomic mass is 35.5. The first-order valence-electron chi connectivity index (χ1n) is 12.7. The van der Waals surface area contributed by atoms with Crippen LogP contribution in [0.5, 0.6) is 5.75 Å². The first-order chi connectivity index (χ1) is 18.3. The van der Waals surface area contributed by atoms with E-state index >= 15 is 0 Å². The number of halogens is 2. The smallest absolute Gasteiger partial charge is 0.286 e. The molecule has 194 valence electrons. The molecule has 6 rings (SSSR count). The number of piperidine rings is 1. The van der Waals surface area contributed by atoms with Gasteiger partial charge in [0.05, 0.1) is 22.0 Å². The van der Waals surface area contributed by atoms with Crippen LogP contribution in [0.1, 0.15) is 49.2 Å². The van der Waals surface area contributed by atoms with Crippen LogP contribution < -0.4 is 10.2 Å². The van der Waals surface area contributed by atoms with Gasteiger partial charge in [-0.25, -0.2) is 9.69 Å². The maximum Gasteiger partial charge on any atom is 0.286 e. The van der Waals surface area contributed by atoms with E-state index in [1.54, 1.807) is 23.0 Å². The number of nitrogens with one attached hydrogen (secondary N) is 1. The van der Waals surface area contributed by atoms with Gasteiger partial charge in [0.15, 0.2) is 5.69 Å². The molecule has 1 fully saturated rings. The third kappa shape index (κ3) is 4.45. The Labute approximate surface area is 231 Å². The van der Waals surface area contributed by atoms with E-state index in [1.807, 2.05) is 61.5 Å². The number of hydrazine groups is 1. The second-order valence-electron chi connectivity index (χ2n) is 10.1. The van der Waals surface area contributed by atoms with Gasteiger partial charge >= 0.3 is 0 Å². The largest absolute Gasteiger partial charge is 0.482 e. The minimum atomic E-state index is -0.846. The van der Waals surface area contributed by atoms with Crippen LogP contribution in [0.3, 0.4) is 0 Å². The van der Waals surface area contributed by atoms with Crippen molar-refractivity contribution in [3.63, 3.8) is 0 Å². The van der Waals surface area contributed by atoms with Gasteiger partial charge in [-0.1, -0.05) is 41.8 Å². The first kappa shape index (κ1) is 24.9. The zero-order valence-electron chi connectivity index (χ0n) is 21.2. The Morgan fingerprint density at radius 2 is 1.84 bits per heavy atom. The van der Waals surface area contributed by atoms with Crippen LogP contribution >= 0.6 is 23.2 Å². The summed E-state index contributed by atoms with van der Waals surface area (Å²) in [4.78, 5) is 17.9. The van der Waals surface area contributed by atoms with Crippen molar-refractivity contribution in [1.29, 1.82) is 0 Å². The van der Waals surface area contributed by atoms with Crippen molar-refractivity contribution in [2.45, 2.75) is 38.7 Å². The Morgan fingerprint density at radius 1 is 1.03 bits per heavy atom. The predicted molar refractivity (Wildman–Crippen MR) is 149 cm³/mol. The zero-order chi connectivity index (χ0) is 26.4. The summed E-state index contributed by atoms with van der Waals surface area (Å²) >= 11 is 12.9. The van der Waals surface area contributed by atoms with Gasteiger partial charge in [0.2, 0.25) is 0 Å². The van der Waals surface area contributed by atoms with Crippen LogP contribution in [0.4, 0.5) is 0 Å². The molecule has 9 heteroatoms. The Morgan fingerprint density at radius 3 is 2.58 bits per heavy atom. The van der Waals surface area contributed by atoms with Crippen molar-refractivity contribution in [3.8, 4) is 33.8 Å². The van der Waals surface area contributed by atoms with E-state index in [0.29, 0.717) is 32.7 Å². The molecule has 0 aliphatic carbocycles. The number of ether oxygens (including phenoxy) is 1. The Kier molecular flexibility index (Phi) is 6.38. The van der Waals surface area contributed by atoms with Crippen LogP contribution in [0, 0.1) is 0 Å². The fourth-order valence-electron chi connectivity index (χ4n) is 5.27. The molecule has 0 spiro atoms. The standard InChI is InChI=1S/C29H27Cl2N5O2/c1-29(2)25-26(28(37)34-35-13-4-3-5-14-35)33-36(23-11-9-20(30)16-22(23)31)27(25)21-10-8-18(15-24(21)38-29)19-7-6-12-32-17-19/h6-12,15-17H,3-5,13-14H2,1-2H3,(H,34,37). The van der Waals surface area contributed by atoms with Crippen LogP contribution in [0.2, 0.25) is 10.0 Å². The van der Waals surface area contributed by atoms with Gasteiger partial charge in [-0.05, 0) is 68.7 Å². The molecule has 0 atom stereocenters. The van der Waals surface area contributed by atoms with E-state index in [0.717, 1.165) is 48.3 Å². The summed E-state index contributed by atoms with van der Waals surface area (Å²) < 4.78 is 8.31. The summed E-state index contributed by atoms with van der Waals surface area (Å²) in [6.45, 7) is 5.55. The second kappa shape index (κ2) is 9.73. The number of benzene rings is 2. The zero-order valence-corrected chi connectivity index (χ0v) is 22.7. The third-order valence-corrected chi connectivity index (χ3v) is 7.59. The highest BCUT2D eigenvalue weighted by molar-refractivity contribution is 6.35. The van der Waals surface area contributed by atoms with Crippen molar-refractivity contribution in [2.75, 3.05) is 13.1 Å². The molecule has 0 unspecified atom stereocenters. The lowest BCUT2D eigenvalue weighted by Crippen LogP contribution is -2.46. The van der Waals surface area contributed by atoms with E-state index in [2.05, 4.69) is 10.4 Å². The Bertz CT molecular complexity index is 1530. The lowest BCUT2D eigenvalue weighted by molar-refractivity contribution is 0.0720. The molecule has 2 aliphatic rings. The van der Waals surface area contributed by atoms with E-state index in [1.165, 1.54) is 6.42 Å². The summed E-state index contributed by atoms with van der Waals surface area (Å²) in [6.07, 6.45) is 6.84. The van der Waals surface area contributed by atoms with Gasteiger partial charge < -0.3 is 4.74 Å². The quantitative estimate of drug-likeness (QED) is 0.309. The molecule has 0 saturated carbocycles. The van der Waals surface area contributed by atoms with E-state index in [-0.39, 0.29) is 5.91 Å². The molecule has 4 heterocycles. The second-order valence-corrected chi connectivity index (χ2v) is 11.0. The molecule has 0 bridgehead atoms. The molecule has 1 N–H and O–H groups in total. The molecular weight excluding hydrogens is 521 g/mol. The maximum absolute atomic E-state index is 13.7. The molecule has 2 aromatic heterocycles. The van der Waals surface area contributed by atoms with Crippen molar-refractivity contribution in [1.82, 2.24) is 25.2 Å². The third-order valence-electron chi connectivity index (χ3n) is 7.05. The topological polar surface area (TPSA) is 72.3 Å². The lowest BCUT2D eigenvalue weighted by atomic mass is 9.88. The van der Waals surface area contributed by atoms with E-state index in [4.69, 9.17) is 33.0 Å². The monoisotopic (exact) mass is 547 g/mol. The molecule has 1 saturated heterocycles. The van der Waals surface area contributed by atoms with Gasteiger partial charge in [0, 0.05) is 41.6 Å². The molecule has 4 aromatic rings. The van der Waals surface area contributed by atoms with Crippen LogP contribution in [0.15, 0.2) is 60.9 Å². The molecule has 2 aromatic carbocycles. The number of nitrogens with zero attached hydrogens (tertiary/aromatic N) is 4. The van der Waals surface area contributed by atoms with E-state index < -0.39 is 5.60 Å². The van der Waals surface area contributed by atoms with Gasteiger partial charge in [-0.3, -0.25) is 15.2 Å². The molecule has 0 radical (unpaired) electrons. The number of hydrogen-bond donors (Lipinski definition) is 1. The SMILES string of the molecule is CC1(C)Oc2cc(-c3cccnc3)ccc2-c2c1c(C(=O)NN1CCCCC1)nn2-c1ccc(Cl)cc1Cl. The highest BCUT2D eigenvalue weighted by Crippen LogP contribution is 2.49. The minimum Gasteiger partial charge on any atom is -0.482 e. The highest BCUT2D eigenvalue weighted by Gasteiger charge is 2.42. The summed E-state index contributed by atoms with van der Waals surface area (Å²) in [6, 6.07) is 15.2. The van der Waals surface area contributed by atoms with Crippen molar-refractivity contribution >= 4 is 29.1 Å². The van der Waals surface area contributed by atoms with Gasteiger partial charge in [-0.15, -0.1) is 0 Å². The van der Waals surface area contributed by atoms with E-state index in [9.17, 15) is 4.79 Å². The number of aromatic nitrogens is 3. The number of pyridine rings is 1. The predicted octanol–water partition coefficient (Wildman–Crippen LogP) is 6.67. The normalized spacial score (nSPS) is 16.3. The van der Waals surface area contributed by atoms with Crippen molar-refractivity contribution in [2.24, 2.45) is 0 Å². The molecule has 2 aliphatic heterocycles. The number of fused-ring (bicyclic) bond motifs is 3. The van der Waals surface area contributed by atoms with Gasteiger partial charge in [0.25, 0.3) is 5.91 Å². The number of amides is 1. The van der Waals surface area contributed by atoms with Gasteiger partial charge in [0.1, 0.15) is 11.4 Å². The summed E-state index contributed by atoms with van der Waals surface area (Å²) in [7, 11) is 0. The van der Waals surface area contributed by atoms with Crippen LogP contribution in [-0.2, 0) is 5.60 Å². The van der Waals surface area contributed by atoms with Crippen LogP contribution in [-0.4, -0.2) is 38.8 Å². The molecule has 7 nitrogen and oxygen atoms in total. The summed E-state index contributed by atoms with van der Waals surface area (Å²) in [5, 5.41) is 7.78. The maximum atomic E-state index is 13.7. The number of rotatable bonds is 4. The average Bonchev–Trinajstić information content (AvgIpc) is 3.31. The fraction of sp³-hybridized carbons (Fsp3) is 0.276. The van der Waals surface area contributed by atoms with Crippen LogP contribution in [0.25, 0.3) is 28.1 Å². The Balaban J connectivity index is 1.54. The first-order valence-corrected chi connectivity index (χ1v) is 13.5. The molecule has 38 heavy (non-hydrogen) atoms. The fourth-order valence-corrected chi connectivity index (χ4v) is 5.76. The Hall–Kier alpha value is -3.39. The summed E-state index contributed by atoms with van der Waals surface area (Å²) in [5.41, 5.74) is 7.42. The number of carbonyl (C=O) groups is 1. The van der Waals surface area contributed by atoms with Gasteiger partial charge in [-0.2, -0.15) is 5.10 Å². The molecular formula is C29H27Cl2N5O2. The minimum absolute atomic E-state index is 0.265. The van der Waals surface area contributed by atoms with Crippen molar-refractivity contribution < 1.29 is 9.53 Å². The van der Waals surface area contributed by atoms with Crippen molar-refractivity contribution in [3.05, 3.63) is 82.2 Å². The average molecular weight is 548 g/mol. The summed E-state index contributed by atoms with van der Waals surface area (Å²) in [5.74, 6) is 0.428. The number of hydrogen-bond acceptors (Lipinski definition) is 5. The lowest BCUT2D eigenvalue weighted by Gasteiger charge is -2.34. The number of carbonyl (C=O) groups excluding carboxylic acids is 1. The molecule has 1 amide bonds.